The molecule has 1 amide bonds. The van der Waals surface area contributed by atoms with Gasteiger partial charge in [0.25, 0.3) is 0 Å². The fourth-order valence-corrected chi connectivity index (χ4v) is 3.89. The van der Waals surface area contributed by atoms with Crippen LogP contribution in [-0.2, 0) is 24.8 Å². The third-order valence-electron chi connectivity index (χ3n) is 5.59. The minimum atomic E-state index is -0.532. The number of nitrogens with zero attached hydrogens (tertiary/aromatic N) is 4. The lowest BCUT2D eigenvalue weighted by Gasteiger charge is -2.36. The normalized spacial score (nSPS) is 20.9. The monoisotopic (exact) mass is 341 g/mol. The summed E-state index contributed by atoms with van der Waals surface area (Å²) < 4.78 is 1.88. The van der Waals surface area contributed by atoms with Crippen molar-refractivity contribution in [1.82, 2.24) is 19.7 Å². The van der Waals surface area contributed by atoms with E-state index in [0.29, 0.717) is 0 Å². The van der Waals surface area contributed by atoms with Gasteiger partial charge in [-0.25, -0.2) is 0 Å². The van der Waals surface area contributed by atoms with Gasteiger partial charge in [-0.15, -0.1) is 0 Å². The number of hydrogen-bond acceptors (Lipinski definition) is 4. The number of amides is 1. The summed E-state index contributed by atoms with van der Waals surface area (Å²) in [5, 5.41) is 4.32. The van der Waals surface area contributed by atoms with Gasteiger partial charge in [0.1, 0.15) is 5.54 Å². The number of primary amides is 1. The molecule has 1 unspecified atom stereocenters. The van der Waals surface area contributed by atoms with E-state index in [4.69, 9.17) is 5.73 Å². The maximum atomic E-state index is 12.4. The van der Waals surface area contributed by atoms with Gasteiger partial charge in [-0.2, -0.15) is 5.10 Å². The van der Waals surface area contributed by atoms with Crippen LogP contribution in [0, 0.1) is 6.92 Å². The average Bonchev–Trinajstić information content (AvgIpc) is 3.15. The van der Waals surface area contributed by atoms with Crippen LogP contribution < -0.4 is 5.73 Å². The second-order valence-corrected chi connectivity index (χ2v) is 7.01. The van der Waals surface area contributed by atoms with E-state index >= 15 is 0 Å². The van der Waals surface area contributed by atoms with E-state index < -0.39 is 5.54 Å². The molecule has 0 spiro atoms. The molecule has 1 fully saturated rings. The molecule has 0 aliphatic carbocycles. The second-order valence-electron chi connectivity index (χ2n) is 7.01. The summed E-state index contributed by atoms with van der Waals surface area (Å²) in [7, 11) is 1.94. The number of nitrogens with two attached hydrogens (primary N) is 1. The Labute approximate surface area is 149 Å². The van der Waals surface area contributed by atoms with Crippen LogP contribution in [0.4, 0.5) is 0 Å². The number of hydrogen-bond donors (Lipinski definition) is 1. The highest BCUT2D eigenvalue weighted by Gasteiger charge is 2.45. The molecule has 1 saturated heterocycles. The summed E-state index contributed by atoms with van der Waals surface area (Å²) in [6.07, 6.45) is 10.1. The smallest absolute Gasteiger partial charge is 0.237 e. The van der Waals surface area contributed by atoms with Crippen molar-refractivity contribution in [3.05, 3.63) is 47.5 Å². The largest absolute Gasteiger partial charge is 0.368 e. The quantitative estimate of drug-likeness (QED) is 0.835. The minimum Gasteiger partial charge on any atom is -0.368 e. The van der Waals surface area contributed by atoms with Crippen LogP contribution in [0.2, 0.25) is 0 Å². The van der Waals surface area contributed by atoms with Crippen molar-refractivity contribution in [2.24, 2.45) is 12.8 Å². The summed E-state index contributed by atoms with van der Waals surface area (Å²) in [5.74, 6) is -0.193. The summed E-state index contributed by atoms with van der Waals surface area (Å²) >= 11 is 0. The number of pyridine rings is 1. The van der Waals surface area contributed by atoms with Crippen molar-refractivity contribution < 1.29 is 4.79 Å². The lowest BCUT2D eigenvalue weighted by molar-refractivity contribution is -0.129. The first kappa shape index (κ1) is 17.6. The minimum absolute atomic E-state index is 0.193. The Morgan fingerprint density at radius 1 is 1.36 bits per heavy atom. The van der Waals surface area contributed by atoms with Gasteiger partial charge in [-0.1, -0.05) is 0 Å². The van der Waals surface area contributed by atoms with Crippen LogP contribution in [0.25, 0.3) is 0 Å². The molecule has 0 saturated carbocycles. The molecule has 134 valence electrons. The molecule has 25 heavy (non-hydrogen) atoms. The molecule has 2 aromatic rings. The maximum absolute atomic E-state index is 12.4. The molecule has 1 aliphatic heterocycles. The number of aryl methyl sites for hydroxylation is 2. The molecule has 0 radical (unpaired) electrons. The molecule has 0 bridgehead atoms. The van der Waals surface area contributed by atoms with Crippen molar-refractivity contribution in [2.45, 2.75) is 51.1 Å². The predicted octanol–water partition coefficient (Wildman–Crippen LogP) is 1.97. The Bertz CT molecular complexity index is 727. The molecule has 0 aromatic carbocycles. The summed E-state index contributed by atoms with van der Waals surface area (Å²) in [6, 6.07) is 4.06. The number of carbonyl (C=O) groups excluding carboxylic acids is 1. The van der Waals surface area contributed by atoms with E-state index in [0.717, 1.165) is 50.9 Å². The standard InChI is InChI=1S/C19H27N5O/c1-15-17(13-22-23(15)2)14-24-12-4-9-19(24,18(20)25)8-3-5-16-6-10-21-11-7-16/h6-7,10-11,13H,3-5,8-9,12,14H2,1-2H3,(H2,20,25). The zero-order chi connectivity index (χ0) is 17.9. The van der Waals surface area contributed by atoms with Crippen molar-refractivity contribution in [2.75, 3.05) is 6.54 Å². The Balaban J connectivity index is 1.71. The van der Waals surface area contributed by atoms with E-state index in [1.165, 1.54) is 11.1 Å². The van der Waals surface area contributed by atoms with E-state index in [9.17, 15) is 4.79 Å². The average molecular weight is 341 g/mol. The lowest BCUT2D eigenvalue weighted by atomic mass is 9.87. The molecule has 3 heterocycles. The first-order chi connectivity index (χ1) is 12.0. The highest BCUT2D eigenvalue weighted by Crippen LogP contribution is 2.35. The first-order valence-corrected chi connectivity index (χ1v) is 8.94. The fraction of sp³-hybridized carbons (Fsp3) is 0.526. The van der Waals surface area contributed by atoms with Crippen molar-refractivity contribution >= 4 is 5.91 Å². The van der Waals surface area contributed by atoms with E-state index in [2.05, 4.69) is 21.9 Å². The van der Waals surface area contributed by atoms with Crippen molar-refractivity contribution in [3.8, 4) is 0 Å². The lowest BCUT2D eigenvalue weighted by Crippen LogP contribution is -2.53. The van der Waals surface area contributed by atoms with Crippen LogP contribution in [0.15, 0.2) is 30.7 Å². The Morgan fingerprint density at radius 3 is 2.76 bits per heavy atom. The predicted molar refractivity (Wildman–Crippen MR) is 96.7 cm³/mol. The van der Waals surface area contributed by atoms with E-state index in [1.54, 1.807) is 0 Å². The van der Waals surface area contributed by atoms with Crippen LogP contribution in [0.1, 0.15) is 42.5 Å². The zero-order valence-corrected chi connectivity index (χ0v) is 15.1. The third-order valence-corrected chi connectivity index (χ3v) is 5.59. The van der Waals surface area contributed by atoms with Gasteiger partial charge in [0.15, 0.2) is 0 Å². The van der Waals surface area contributed by atoms with Gasteiger partial charge >= 0.3 is 0 Å². The second kappa shape index (κ2) is 7.35. The molecule has 3 rings (SSSR count). The highest BCUT2D eigenvalue weighted by atomic mass is 16.1. The Kier molecular flexibility index (Phi) is 5.18. The van der Waals surface area contributed by atoms with Crippen molar-refractivity contribution in [1.29, 1.82) is 0 Å². The number of rotatable bonds is 7. The summed E-state index contributed by atoms with van der Waals surface area (Å²) in [5.41, 5.74) is 8.92. The molecule has 6 heteroatoms. The van der Waals surface area contributed by atoms with Gasteiger partial charge < -0.3 is 5.73 Å². The third kappa shape index (κ3) is 3.58. The number of carbonyl (C=O) groups is 1. The SMILES string of the molecule is Cc1c(CN2CCCC2(CCCc2ccncc2)C(N)=O)cnn1C. The molecule has 2 N–H and O–H groups in total. The Morgan fingerprint density at radius 2 is 2.12 bits per heavy atom. The van der Waals surface area contributed by atoms with Crippen LogP contribution in [-0.4, -0.2) is 37.7 Å². The summed E-state index contributed by atoms with van der Waals surface area (Å²) in [6.45, 7) is 3.71. The number of aromatic nitrogens is 3. The van der Waals surface area contributed by atoms with Crippen molar-refractivity contribution in [3.63, 3.8) is 0 Å². The molecule has 2 aromatic heterocycles. The first-order valence-electron chi connectivity index (χ1n) is 8.94. The van der Waals surface area contributed by atoms with Crippen LogP contribution in [0.3, 0.4) is 0 Å². The zero-order valence-electron chi connectivity index (χ0n) is 15.1. The van der Waals surface area contributed by atoms with Gasteiger partial charge in [0.05, 0.1) is 6.20 Å². The number of likely N-dealkylation sites (tertiary alicyclic amines) is 1. The maximum Gasteiger partial charge on any atom is 0.237 e. The van der Waals surface area contributed by atoms with Gasteiger partial charge in [0, 0.05) is 37.2 Å². The molecule has 1 atom stereocenters. The van der Waals surface area contributed by atoms with E-state index in [1.807, 2.05) is 42.5 Å². The molecular weight excluding hydrogens is 314 g/mol. The van der Waals surface area contributed by atoms with Crippen LogP contribution >= 0.6 is 0 Å². The topological polar surface area (TPSA) is 77.0 Å². The molecule has 6 nitrogen and oxygen atoms in total. The van der Waals surface area contributed by atoms with Gasteiger partial charge in [0.2, 0.25) is 5.91 Å². The molecular formula is C19H27N5O. The molecule has 1 aliphatic rings. The summed E-state index contributed by atoms with van der Waals surface area (Å²) in [4.78, 5) is 18.7. The fourth-order valence-electron chi connectivity index (χ4n) is 3.89. The van der Waals surface area contributed by atoms with Gasteiger partial charge in [-0.05, 0) is 63.3 Å². The Hall–Kier alpha value is -2.21. The highest BCUT2D eigenvalue weighted by molar-refractivity contribution is 5.85. The van der Waals surface area contributed by atoms with Crippen LogP contribution in [0.5, 0.6) is 0 Å². The van der Waals surface area contributed by atoms with E-state index in [-0.39, 0.29) is 5.91 Å². The van der Waals surface area contributed by atoms with Gasteiger partial charge in [-0.3, -0.25) is 19.4 Å².